The third kappa shape index (κ3) is 14.1. The highest BCUT2D eigenvalue weighted by Crippen LogP contribution is 2.18. The van der Waals surface area contributed by atoms with E-state index in [4.69, 9.17) is 20.4 Å². The molecule has 5 N–H and O–H groups in total. The van der Waals surface area contributed by atoms with Crippen molar-refractivity contribution in [3.63, 3.8) is 0 Å². The average Bonchev–Trinajstić information content (AvgIpc) is 2.67. The first kappa shape index (κ1) is 28.4. The number of rotatable bonds is 17. The van der Waals surface area contributed by atoms with Crippen LogP contribution in [-0.2, 0) is 33.4 Å². The van der Waals surface area contributed by atoms with Crippen molar-refractivity contribution >= 4 is 29.8 Å². The average molecular weight is 450 g/mol. The SMILES string of the molecule is O=C(O)CCCCCCCCC(=O)OC(=O)CC(O)(CC(=O)OCC(O)CO)C(=O)O. The van der Waals surface area contributed by atoms with Gasteiger partial charge in [0.15, 0.2) is 5.60 Å². The highest BCUT2D eigenvalue weighted by molar-refractivity contribution is 5.92. The van der Waals surface area contributed by atoms with Gasteiger partial charge < -0.3 is 35.0 Å². The standard InChI is InChI=1S/C19H30O12/c20-11-13(21)12-30-16(25)9-19(29,18(27)28)10-17(26)31-15(24)8-6-4-2-1-3-5-7-14(22)23/h13,20-21,29H,1-12H2,(H,22,23)(H,27,28). The van der Waals surface area contributed by atoms with E-state index in [2.05, 4.69) is 9.47 Å². The highest BCUT2D eigenvalue weighted by atomic mass is 16.6. The molecule has 0 rings (SSSR count). The van der Waals surface area contributed by atoms with Crippen LogP contribution in [0.15, 0.2) is 0 Å². The van der Waals surface area contributed by atoms with Gasteiger partial charge in [0.1, 0.15) is 12.7 Å². The van der Waals surface area contributed by atoms with Crippen molar-refractivity contribution in [1.82, 2.24) is 0 Å². The normalized spacial score (nSPS) is 13.6. The molecule has 31 heavy (non-hydrogen) atoms. The van der Waals surface area contributed by atoms with Gasteiger partial charge in [0.05, 0.1) is 19.4 Å². The summed E-state index contributed by atoms with van der Waals surface area (Å²) in [6, 6.07) is 0. The Balaban J connectivity index is 4.27. The van der Waals surface area contributed by atoms with Gasteiger partial charge in [0.2, 0.25) is 0 Å². The molecule has 12 nitrogen and oxygen atoms in total. The molecule has 2 unspecified atom stereocenters. The number of hydrogen-bond acceptors (Lipinski definition) is 10. The number of carboxylic acid groups (broad SMARTS) is 2. The Morgan fingerprint density at radius 2 is 1.29 bits per heavy atom. The van der Waals surface area contributed by atoms with E-state index < -0.39 is 67.6 Å². The molecular weight excluding hydrogens is 420 g/mol. The molecule has 0 aromatic heterocycles. The second-order valence-electron chi connectivity index (χ2n) is 7.07. The van der Waals surface area contributed by atoms with Gasteiger partial charge in [-0.25, -0.2) is 4.79 Å². The van der Waals surface area contributed by atoms with E-state index in [1.165, 1.54) is 0 Å². The summed E-state index contributed by atoms with van der Waals surface area (Å²) in [6.07, 6.45) is 0.292. The molecule has 0 fully saturated rings. The number of aliphatic hydroxyl groups excluding tert-OH is 2. The largest absolute Gasteiger partial charge is 0.481 e. The molecule has 0 bridgehead atoms. The smallest absolute Gasteiger partial charge is 0.336 e. The van der Waals surface area contributed by atoms with Crippen LogP contribution in [0.1, 0.15) is 64.2 Å². The van der Waals surface area contributed by atoms with E-state index in [0.717, 1.165) is 19.3 Å². The van der Waals surface area contributed by atoms with Crippen LogP contribution in [0.4, 0.5) is 0 Å². The molecule has 0 saturated carbocycles. The van der Waals surface area contributed by atoms with E-state index in [-0.39, 0.29) is 12.8 Å². The Morgan fingerprint density at radius 1 is 0.774 bits per heavy atom. The Hall–Kier alpha value is -2.57. The second kappa shape index (κ2) is 15.3. The second-order valence-corrected chi connectivity index (χ2v) is 7.07. The molecule has 2 atom stereocenters. The molecule has 178 valence electrons. The molecule has 0 radical (unpaired) electrons. The fourth-order valence-electron chi connectivity index (χ4n) is 2.45. The molecule has 0 aliphatic carbocycles. The van der Waals surface area contributed by atoms with Crippen LogP contribution < -0.4 is 0 Å². The minimum Gasteiger partial charge on any atom is -0.481 e. The lowest BCUT2D eigenvalue weighted by atomic mass is 9.96. The maximum atomic E-state index is 11.8. The number of unbranched alkanes of at least 4 members (excludes halogenated alkanes) is 5. The number of carboxylic acids is 2. The van der Waals surface area contributed by atoms with Gasteiger partial charge in [-0.3, -0.25) is 19.2 Å². The van der Waals surface area contributed by atoms with Crippen molar-refractivity contribution in [2.75, 3.05) is 13.2 Å². The number of carbonyl (C=O) groups is 5. The van der Waals surface area contributed by atoms with Crippen LogP contribution in [0, 0.1) is 0 Å². The molecule has 0 aromatic carbocycles. The quantitative estimate of drug-likeness (QED) is 0.111. The van der Waals surface area contributed by atoms with Crippen molar-refractivity contribution in [2.45, 2.75) is 75.9 Å². The molecule has 0 spiro atoms. The van der Waals surface area contributed by atoms with E-state index in [0.29, 0.717) is 19.3 Å². The van der Waals surface area contributed by atoms with Crippen LogP contribution in [0.3, 0.4) is 0 Å². The molecule has 0 aliphatic heterocycles. The molecule has 0 aliphatic rings. The molecule has 0 heterocycles. The maximum absolute atomic E-state index is 11.8. The van der Waals surface area contributed by atoms with Crippen molar-refractivity contribution in [2.24, 2.45) is 0 Å². The minimum atomic E-state index is -2.87. The zero-order valence-corrected chi connectivity index (χ0v) is 17.2. The first-order valence-electron chi connectivity index (χ1n) is 9.85. The van der Waals surface area contributed by atoms with Crippen LogP contribution >= 0.6 is 0 Å². The molecular formula is C19H30O12. The van der Waals surface area contributed by atoms with Gasteiger partial charge in [0.25, 0.3) is 0 Å². The predicted octanol–water partition coefficient (Wildman–Crippen LogP) is -0.246. The van der Waals surface area contributed by atoms with Crippen LogP contribution in [0.2, 0.25) is 0 Å². The molecule has 0 amide bonds. The molecule has 0 saturated heterocycles. The summed E-state index contributed by atoms with van der Waals surface area (Å²) in [5.74, 6) is -6.22. The topological polar surface area (TPSA) is 205 Å². The van der Waals surface area contributed by atoms with Crippen molar-refractivity contribution in [3.05, 3.63) is 0 Å². The lowest BCUT2D eigenvalue weighted by molar-refractivity contribution is -0.176. The molecule has 0 aromatic rings. The Kier molecular flexibility index (Phi) is 14.0. The van der Waals surface area contributed by atoms with E-state index in [1.54, 1.807) is 0 Å². The predicted molar refractivity (Wildman–Crippen MR) is 102 cm³/mol. The zero-order chi connectivity index (χ0) is 23.9. The van der Waals surface area contributed by atoms with Crippen molar-refractivity contribution in [3.8, 4) is 0 Å². The first-order valence-corrected chi connectivity index (χ1v) is 9.85. The summed E-state index contributed by atoms with van der Waals surface area (Å²) >= 11 is 0. The highest BCUT2D eigenvalue weighted by Gasteiger charge is 2.42. The van der Waals surface area contributed by atoms with Crippen molar-refractivity contribution in [1.29, 1.82) is 0 Å². The van der Waals surface area contributed by atoms with Gasteiger partial charge in [-0.05, 0) is 12.8 Å². The Bertz CT molecular complexity index is 617. The van der Waals surface area contributed by atoms with Crippen LogP contribution in [-0.4, -0.2) is 80.3 Å². The minimum absolute atomic E-state index is 0.104. The summed E-state index contributed by atoms with van der Waals surface area (Å²) < 4.78 is 8.97. The Morgan fingerprint density at radius 3 is 1.81 bits per heavy atom. The summed E-state index contributed by atoms with van der Waals surface area (Å²) in [5, 5.41) is 45.4. The summed E-state index contributed by atoms with van der Waals surface area (Å²) in [6.45, 7) is -1.33. The third-order valence-corrected chi connectivity index (χ3v) is 4.17. The number of aliphatic hydroxyl groups is 3. The monoisotopic (exact) mass is 450 g/mol. The number of carbonyl (C=O) groups excluding carboxylic acids is 3. The zero-order valence-electron chi connectivity index (χ0n) is 17.2. The van der Waals surface area contributed by atoms with Gasteiger partial charge in [-0.2, -0.15) is 0 Å². The van der Waals surface area contributed by atoms with Crippen molar-refractivity contribution < 1.29 is 59.0 Å². The lowest BCUT2D eigenvalue weighted by Gasteiger charge is -2.21. The summed E-state index contributed by atoms with van der Waals surface area (Å²) in [7, 11) is 0. The van der Waals surface area contributed by atoms with Crippen LogP contribution in [0.25, 0.3) is 0 Å². The fraction of sp³-hybridized carbons (Fsp3) is 0.737. The number of hydrogen-bond donors (Lipinski definition) is 5. The number of esters is 3. The van der Waals surface area contributed by atoms with Gasteiger partial charge >= 0.3 is 29.8 Å². The number of ether oxygens (including phenoxy) is 2. The third-order valence-electron chi connectivity index (χ3n) is 4.17. The summed E-state index contributed by atoms with van der Waals surface area (Å²) in [4.78, 5) is 56.7. The molecule has 12 heteroatoms. The van der Waals surface area contributed by atoms with Gasteiger partial charge in [-0.1, -0.05) is 25.7 Å². The van der Waals surface area contributed by atoms with E-state index in [1.807, 2.05) is 0 Å². The summed E-state index contributed by atoms with van der Waals surface area (Å²) in [5.41, 5.74) is -2.87. The first-order chi connectivity index (χ1) is 14.5. The fourth-order valence-corrected chi connectivity index (χ4v) is 2.45. The maximum Gasteiger partial charge on any atom is 0.336 e. The van der Waals surface area contributed by atoms with E-state index in [9.17, 15) is 29.1 Å². The lowest BCUT2D eigenvalue weighted by Crippen LogP contribution is -2.44. The van der Waals surface area contributed by atoms with Gasteiger partial charge in [-0.15, -0.1) is 0 Å². The Labute approximate surface area is 178 Å². The van der Waals surface area contributed by atoms with E-state index >= 15 is 0 Å². The number of aliphatic carboxylic acids is 2. The van der Waals surface area contributed by atoms with Crippen LogP contribution in [0.5, 0.6) is 0 Å². The van der Waals surface area contributed by atoms with Gasteiger partial charge in [0, 0.05) is 12.8 Å².